The van der Waals surface area contributed by atoms with Crippen LogP contribution in [0.25, 0.3) is 0 Å². The summed E-state index contributed by atoms with van der Waals surface area (Å²) in [7, 11) is 0.173. The average Bonchev–Trinajstić information content (AvgIpc) is 2.36. The van der Waals surface area contributed by atoms with E-state index in [4.69, 9.17) is 0 Å². The van der Waals surface area contributed by atoms with Gasteiger partial charge in [-0.05, 0) is 32.9 Å². The van der Waals surface area contributed by atoms with E-state index in [-0.39, 0.29) is 6.04 Å². The molecule has 0 rings (SSSR count). The molecule has 19 heavy (non-hydrogen) atoms. The number of hydrogen-bond acceptors (Lipinski definition) is 3. The van der Waals surface area contributed by atoms with Crippen LogP contribution < -0.4 is 10.0 Å². The molecule has 6 heteroatoms. The lowest BCUT2D eigenvalue weighted by Gasteiger charge is -2.23. The van der Waals surface area contributed by atoms with Crippen molar-refractivity contribution in [2.24, 2.45) is 0 Å². The largest absolute Gasteiger partial charge is 0.320 e. The Hall–Kier alpha value is -0.170. The third-order valence-electron chi connectivity index (χ3n) is 3.17. The second kappa shape index (κ2) is 10.6. The minimum atomic E-state index is -3.34. The summed E-state index contributed by atoms with van der Waals surface area (Å²) in [6.07, 6.45) is 5.82. The van der Waals surface area contributed by atoms with E-state index in [1.54, 1.807) is 7.05 Å². The maximum atomic E-state index is 12.2. The smallest absolute Gasteiger partial charge is 0.279 e. The lowest BCUT2D eigenvalue weighted by molar-refractivity contribution is 0.421. The van der Waals surface area contributed by atoms with Gasteiger partial charge in [-0.3, -0.25) is 0 Å². The minimum Gasteiger partial charge on any atom is -0.320 e. The lowest BCUT2D eigenvalue weighted by Crippen LogP contribution is -2.44. The van der Waals surface area contributed by atoms with Crippen LogP contribution in [0.4, 0.5) is 0 Å². The van der Waals surface area contributed by atoms with Crippen LogP contribution in [0.2, 0.25) is 0 Å². The molecule has 1 atom stereocenters. The van der Waals surface area contributed by atoms with Gasteiger partial charge in [0, 0.05) is 19.6 Å². The van der Waals surface area contributed by atoms with Gasteiger partial charge >= 0.3 is 0 Å². The second-order valence-electron chi connectivity index (χ2n) is 5.03. The minimum absolute atomic E-state index is 0.0710. The first kappa shape index (κ1) is 18.8. The predicted molar refractivity (Wildman–Crippen MR) is 81.5 cm³/mol. The Morgan fingerprint density at radius 1 is 1.11 bits per heavy atom. The number of nitrogens with one attached hydrogen (secondary N) is 2. The first-order valence-electron chi connectivity index (χ1n) is 7.36. The van der Waals surface area contributed by atoms with Gasteiger partial charge in [-0.1, -0.05) is 33.1 Å². The molecule has 1 unspecified atom stereocenters. The Kier molecular flexibility index (Phi) is 10.5. The standard InChI is InChI=1S/C13H31N3O2S/c1-5-7-10-13(9-6-2)15-19(17,18)16(4)12-8-11-14-3/h13-15H,5-12H2,1-4H3. The van der Waals surface area contributed by atoms with Crippen LogP contribution >= 0.6 is 0 Å². The Morgan fingerprint density at radius 3 is 2.32 bits per heavy atom. The summed E-state index contributed by atoms with van der Waals surface area (Å²) in [5, 5.41) is 3.02. The molecule has 0 spiro atoms. The van der Waals surface area contributed by atoms with E-state index in [0.29, 0.717) is 6.54 Å². The SMILES string of the molecule is CCCCC(CCC)NS(=O)(=O)N(C)CCCNC. The van der Waals surface area contributed by atoms with Crippen molar-refractivity contribution in [3.8, 4) is 0 Å². The van der Waals surface area contributed by atoms with E-state index in [1.165, 1.54) is 4.31 Å². The number of unbranched alkanes of at least 4 members (excludes halogenated alkanes) is 1. The van der Waals surface area contributed by atoms with Crippen molar-refractivity contribution >= 4 is 10.2 Å². The normalized spacial score (nSPS) is 13.9. The van der Waals surface area contributed by atoms with Crippen LogP contribution in [0.15, 0.2) is 0 Å². The van der Waals surface area contributed by atoms with E-state index in [1.807, 2.05) is 7.05 Å². The van der Waals surface area contributed by atoms with Crippen molar-refractivity contribution in [2.75, 3.05) is 27.2 Å². The molecule has 0 heterocycles. The van der Waals surface area contributed by atoms with Crippen molar-refractivity contribution in [1.82, 2.24) is 14.3 Å². The Balaban J connectivity index is 4.34. The highest BCUT2D eigenvalue weighted by Crippen LogP contribution is 2.09. The summed E-state index contributed by atoms with van der Waals surface area (Å²) in [6, 6.07) is 0.0710. The van der Waals surface area contributed by atoms with E-state index in [9.17, 15) is 8.42 Å². The highest BCUT2D eigenvalue weighted by Gasteiger charge is 2.21. The summed E-state index contributed by atoms with van der Waals surface area (Å²) in [5.41, 5.74) is 0. The monoisotopic (exact) mass is 293 g/mol. The van der Waals surface area contributed by atoms with Gasteiger partial charge in [0.15, 0.2) is 0 Å². The molecule has 0 fully saturated rings. The predicted octanol–water partition coefficient (Wildman–Crippen LogP) is 1.72. The summed E-state index contributed by atoms with van der Waals surface area (Å²) in [6.45, 7) is 5.59. The van der Waals surface area contributed by atoms with Crippen molar-refractivity contribution < 1.29 is 8.42 Å². The third-order valence-corrected chi connectivity index (χ3v) is 4.80. The molecule has 0 aromatic carbocycles. The molecule has 0 aromatic rings. The Labute approximate surface area is 119 Å². The fourth-order valence-corrected chi connectivity index (χ4v) is 3.17. The van der Waals surface area contributed by atoms with Crippen LogP contribution in [0, 0.1) is 0 Å². The molecule has 0 saturated carbocycles. The molecule has 2 N–H and O–H groups in total. The number of rotatable bonds is 12. The van der Waals surface area contributed by atoms with Crippen molar-refractivity contribution in [2.45, 2.75) is 58.4 Å². The average molecular weight is 293 g/mol. The summed E-state index contributed by atoms with van der Waals surface area (Å²) in [5.74, 6) is 0. The first-order valence-corrected chi connectivity index (χ1v) is 8.80. The van der Waals surface area contributed by atoms with Gasteiger partial charge in [0.1, 0.15) is 0 Å². The first-order chi connectivity index (χ1) is 8.97. The van der Waals surface area contributed by atoms with Gasteiger partial charge in [-0.15, -0.1) is 0 Å². The van der Waals surface area contributed by atoms with Gasteiger partial charge < -0.3 is 5.32 Å². The highest BCUT2D eigenvalue weighted by molar-refractivity contribution is 7.87. The van der Waals surface area contributed by atoms with Crippen LogP contribution in [0.3, 0.4) is 0 Å². The Morgan fingerprint density at radius 2 is 1.79 bits per heavy atom. The van der Waals surface area contributed by atoms with Gasteiger partial charge in [-0.25, -0.2) is 0 Å². The maximum absolute atomic E-state index is 12.2. The number of nitrogens with zero attached hydrogens (tertiary/aromatic N) is 1. The van der Waals surface area contributed by atoms with Crippen molar-refractivity contribution in [1.29, 1.82) is 0 Å². The molecule has 0 aliphatic rings. The summed E-state index contributed by atoms with van der Waals surface area (Å²) in [4.78, 5) is 0. The van der Waals surface area contributed by atoms with Crippen LogP contribution in [0.1, 0.15) is 52.4 Å². The zero-order chi connectivity index (χ0) is 14.7. The number of hydrogen-bond donors (Lipinski definition) is 2. The molecule has 0 aliphatic carbocycles. The molecule has 5 nitrogen and oxygen atoms in total. The van der Waals surface area contributed by atoms with Crippen LogP contribution in [0.5, 0.6) is 0 Å². The Bertz CT molecular complexity index is 307. The third kappa shape index (κ3) is 8.57. The molecule has 0 bridgehead atoms. The van der Waals surface area contributed by atoms with Gasteiger partial charge in [0.2, 0.25) is 0 Å². The van der Waals surface area contributed by atoms with Gasteiger partial charge in [-0.2, -0.15) is 17.4 Å². The molecule has 0 aliphatic heterocycles. The van der Waals surface area contributed by atoms with Crippen LogP contribution in [-0.2, 0) is 10.2 Å². The molecule has 0 amide bonds. The summed E-state index contributed by atoms with van der Waals surface area (Å²) < 4.78 is 28.6. The van der Waals surface area contributed by atoms with E-state index in [2.05, 4.69) is 23.9 Å². The molecule has 116 valence electrons. The molecular formula is C13H31N3O2S. The molecule has 0 aromatic heterocycles. The maximum Gasteiger partial charge on any atom is 0.279 e. The van der Waals surface area contributed by atoms with E-state index < -0.39 is 10.2 Å². The van der Waals surface area contributed by atoms with Crippen LogP contribution in [-0.4, -0.2) is 45.9 Å². The zero-order valence-electron chi connectivity index (χ0n) is 12.9. The summed E-state index contributed by atoms with van der Waals surface area (Å²) >= 11 is 0. The quantitative estimate of drug-likeness (QED) is 0.539. The second-order valence-corrected chi connectivity index (χ2v) is 6.84. The van der Waals surface area contributed by atoms with E-state index in [0.717, 1.165) is 45.1 Å². The lowest BCUT2D eigenvalue weighted by atomic mass is 10.1. The highest BCUT2D eigenvalue weighted by atomic mass is 32.2. The van der Waals surface area contributed by atoms with Gasteiger partial charge in [0.25, 0.3) is 10.2 Å². The topological polar surface area (TPSA) is 61.4 Å². The molecule has 0 radical (unpaired) electrons. The molecule has 0 saturated heterocycles. The molecular weight excluding hydrogens is 262 g/mol. The van der Waals surface area contributed by atoms with Gasteiger partial charge in [0.05, 0.1) is 0 Å². The fourth-order valence-electron chi connectivity index (χ4n) is 1.96. The van der Waals surface area contributed by atoms with Crippen molar-refractivity contribution in [3.63, 3.8) is 0 Å². The van der Waals surface area contributed by atoms with E-state index >= 15 is 0 Å². The van der Waals surface area contributed by atoms with Crippen molar-refractivity contribution in [3.05, 3.63) is 0 Å². The fraction of sp³-hybridized carbons (Fsp3) is 1.00. The zero-order valence-corrected chi connectivity index (χ0v) is 13.7.